The van der Waals surface area contributed by atoms with Gasteiger partial charge in [-0.25, -0.2) is 0 Å². The van der Waals surface area contributed by atoms with Crippen molar-refractivity contribution in [1.29, 1.82) is 0 Å². The molecule has 3 heterocycles. The number of benzene rings is 4. The van der Waals surface area contributed by atoms with Crippen molar-refractivity contribution in [3.8, 4) is 0 Å². The molecule has 0 amide bonds. The zero-order valence-electron chi connectivity index (χ0n) is 28.2. The molecule has 0 spiro atoms. The first kappa shape index (κ1) is 38.3. The molecule has 282 valence electrons. The van der Waals surface area contributed by atoms with E-state index in [0.717, 1.165) is 0 Å². The summed E-state index contributed by atoms with van der Waals surface area (Å²) >= 11 is 0. The van der Waals surface area contributed by atoms with Gasteiger partial charge in [0.05, 0.1) is 19.6 Å². The van der Waals surface area contributed by atoms with Gasteiger partial charge in [0, 0.05) is 32.8 Å². The molecule has 1 fully saturated rings. The van der Waals surface area contributed by atoms with Crippen LogP contribution in [0.3, 0.4) is 0 Å². The maximum atomic E-state index is 12.1. The quantitative estimate of drug-likeness (QED) is 0.110. The van der Waals surface area contributed by atoms with Crippen molar-refractivity contribution in [2.24, 2.45) is 0 Å². The van der Waals surface area contributed by atoms with Gasteiger partial charge in [-0.3, -0.25) is 18.2 Å². The molecule has 0 saturated carbocycles. The zero-order valence-corrected chi connectivity index (χ0v) is 33.3. The Hall–Kier alpha value is -2.96. The Kier molecular flexibility index (Phi) is 8.69. The Morgan fingerprint density at radius 1 is 0.453 bits per heavy atom. The molecule has 7 rings (SSSR count). The number of hydrogen-bond acceptors (Lipinski definition) is 10. The van der Waals surface area contributed by atoms with Crippen molar-refractivity contribution in [3.63, 3.8) is 0 Å². The summed E-state index contributed by atoms with van der Waals surface area (Å²) in [6.07, 6.45) is 0.538. The minimum Gasteiger partial charge on any atom is -0.341 e. The Morgan fingerprint density at radius 3 is 0.887 bits per heavy atom. The fourth-order valence-corrected chi connectivity index (χ4v) is 15.6. The van der Waals surface area contributed by atoms with Crippen LogP contribution >= 0.6 is 15.1 Å². The van der Waals surface area contributed by atoms with Crippen LogP contribution in [0.15, 0.2) is 92.4 Å². The van der Waals surface area contributed by atoms with Crippen LogP contribution in [-0.2, 0) is 62.3 Å². The number of hydrogen-bond donors (Lipinski definition) is 4. The molecule has 2 atom stereocenters. The molecular formula is C33H32O14P2S4. The van der Waals surface area contributed by atoms with Gasteiger partial charge in [0.15, 0.2) is 5.79 Å². The van der Waals surface area contributed by atoms with Crippen molar-refractivity contribution >= 4 is 97.6 Å². The summed E-state index contributed by atoms with van der Waals surface area (Å²) in [5, 5.41) is 4.14. The summed E-state index contributed by atoms with van der Waals surface area (Å²) in [6.45, 7) is 7.24. The molecule has 0 bridgehead atoms. The summed E-state index contributed by atoms with van der Waals surface area (Å²) in [4.78, 5) is -1.59. The van der Waals surface area contributed by atoms with Crippen LogP contribution in [0.1, 0.15) is 27.7 Å². The molecule has 2 aromatic heterocycles. The van der Waals surface area contributed by atoms with Crippen LogP contribution in [0.4, 0.5) is 0 Å². The van der Waals surface area contributed by atoms with E-state index in [1.54, 1.807) is 38.1 Å². The molecule has 4 N–H and O–H groups in total. The number of fused-ring (bicyclic) bond motifs is 6. The standard InChI is InChI=1S/C33H32O14P2S4/c1-31(2)46-32(3,17-48-27-9-5-19(50(34,35)36)13-23(27)24-14-20(51(37,38)39)6-10-28(24)48)33(4,47-31)18-49-29-11-7-21(52(40,41)42)15-25(29)26-16-22(53(43,44)45)8-12-30(26)49/h5-16H,17-18H2,1-4H3,(H,34,35,36)(H,37,38,39)(H,40,41,42)(H,43,44,45)/t32-,33-/m0/s1. The second kappa shape index (κ2) is 12.0. The lowest BCUT2D eigenvalue weighted by Crippen LogP contribution is -2.48. The third kappa shape index (κ3) is 6.62. The Morgan fingerprint density at radius 2 is 0.679 bits per heavy atom. The van der Waals surface area contributed by atoms with E-state index in [1.807, 2.05) is 13.8 Å². The third-order valence-electron chi connectivity index (χ3n) is 9.79. The summed E-state index contributed by atoms with van der Waals surface area (Å²) in [5.41, 5.74) is -2.23. The molecule has 14 nitrogen and oxygen atoms in total. The first-order valence-electron chi connectivity index (χ1n) is 15.6. The first-order valence-corrected chi connectivity index (χ1v) is 24.4. The molecule has 1 saturated heterocycles. The van der Waals surface area contributed by atoms with E-state index in [2.05, 4.69) is 0 Å². The highest BCUT2D eigenvalue weighted by Gasteiger charge is 2.58. The van der Waals surface area contributed by atoms with Gasteiger partial charge >= 0.3 is 0 Å². The molecule has 0 unspecified atom stereocenters. The second-order valence-corrected chi connectivity index (χ2v) is 23.8. The predicted octanol–water partition coefficient (Wildman–Crippen LogP) is 7.26. The molecular weight excluding hydrogens is 811 g/mol. The van der Waals surface area contributed by atoms with Gasteiger partial charge in [0.25, 0.3) is 40.5 Å². The first-order chi connectivity index (χ1) is 24.2. The normalized spacial score (nSPS) is 21.4. The Balaban J connectivity index is 1.44. The van der Waals surface area contributed by atoms with E-state index in [-0.39, 0.29) is 12.3 Å². The van der Waals surface area contributed by atoms with E-state index in [9.17, 15) is 51.9 Å². The van der Waals surface area contributed by atoms with Gasteiger partial charge in [0.2, 0.25) is 0 Å². The predicted molar refractivity (Wildman–Crippen MR) is 201 cm³/mol. The lowest BCUT2D eigenvalue weighted by Gasteiger charge is -2.38. The van der Waals surface area contributed by atoms with E-state index in [0.29, 0.717) is 42.0 Å². The second-order valence-electron chi connectivity index (χ2n) is 13.9. The highest BCUT2D eigenvalue weighted by atomic mass is 32.2. The van der Waals surface area contributed by atoms with Crippen molar-refractivity contribution in [1.82, 2.24) is 0 Å². The maximum absolute atomic E-state index is 12.1. The average molecular weight is 843 g/mol. The smallest absolute Gasteiger partial charge is 0.294 e. The summed E-state index contributed by atoms with van der Waals surface area (Å²) in [5.74, 6) is -1.14. The summed E-state index contributed by atoms with van der Waals surface area (Å²) in [6, 6.07) is 16.3. The largest absolute Gasteiger partial charge is 0.341 e. The molecule has 0 aliphatic carbocycles. The third-order valence-corrected chi connectivity index (χ3v) is 18.9. The molecule has 6 aromatic rings. The van der Waals surface area contributed by atoms with Crippen LogP contribution in [0.25, 0.3) is 42.0 Å². The van der Waals surface area contributed by atoms with Gasteiger partial charge < -0.3 is 9.47 Å². The van der Waals surface area contributed by atoms with Gasteiger partial charge in [-0.05, 0) is 122 Å². The van der Waals surface area contributed by atoms with Crippen LogP contribution in [0.5, 0.6) is 0 Å². The van der Waals surface area contributed by atoms with Gasteiger partial charge in [-0.15, -0.1) is 15.1 Å². The van der Waals surface area contributed by atoms with Crippen molar-refractivity contribution in [3.05, 3.63) is 72.8 Å². The highest BCUT2D eigenvalue weighted by molar-refractivity contribution is 7.86. The van der Waals surface area contributed by atoms with Crippen molar-refractivity contribution in [2.45, 2.75) is 76.6 Å². The minimum atomic E-state index is -4.63. The minimum absolute atomic E-state index is 0.269. The molecule has 1 aliphatic rings. The molecule has 0 radical (unpaired) electrons. The molecule has 4 aromatic carbocycles. The number of rotatable bonds is 8. The molecule has 20 heteroatoms. The van der Waals surface area contributed by atoms with Crippen LogP contribution in [0, 0.1) is 0 Å². The van der Waals surface area contributed by atoms with Crippen LogP contribution in [0.2, 0.25) is 0 Å². The molecule has 1 aliphatic heterocycles. The highest BCUT2D eigenvalue weighted by Crippen LogP contribution is 2.61. The monoisotopic (exact) mass is 842 g/mol. The van der Waals surface area contributed by atoms with E-state index >= 15 is 0 Å². The Labute approximate surface area is 306 Å². The molecule has 53 heavy (non-hydrogen) atoms. The van der Waals surface area contributed by atoms with E-state index in [1.165, 1.54) is 48.5 Å². The van der Waals surface area contributed by atoms with Crippen LogP contribution < -0.4 is 0 Å². The van der Waals surface area contributed by atoms with E-state index < -0.39 is 92.1 Å². The van der Waals surface area contributed by atoms with E-state index in [4.69, 9.17) is 9.47 Å². The van der Waals surface area contributed by atoms with Crippen molar-refractivity contribution in [2.75, 3.05) is 0 Å². The SMILES string of the molecule is CC1(C)O[C@@](C)(Cp2c3ccc(S(=O)(=O)O)cc3c3cc(S(=O)(=O)O)ccc32)[C@](C)(Cp2c3ccc(S(=O)(=O)O)cc3c3cc(S(=O)(=O)O)ccc32)O1. The zero-order chi connectivity index (χ0) is 38.9. The fourth-order valence-electron chi connectivity index (χ4n) is 7.43. The lowest BCUT2D eigenvalue weighted by atomic mass is 9.89. The average Bonchev–Trinajstić information content (AvgIpc) is 3.56. The van der Waals surface area contributed by atoms with Crippen molar-refractivity contribution < 1.29 is 61.4 Å². The van der Waals surface area contributed by atoms with Gasteiger partial charge in [-0.1, -0.05) is 0 Å². The van der Waals surface area contributed by atoms with Gasteiger partial charge in [-0.2, -0.15) is 33.7 Å². The Bertz CT molecular complexity index is 2640. The summed E-state index contributed by atoms with van der Waals surface area (Å²) < 4.78 is 150. The number of ether oxygens (including phenoxy) is 2. The van der Waals surface area contributed by atoms with Crippen LogP contribution in [-0.4, -0.2) is 68.9 Å². The maximum Gasteiger partial charge on any atom is 0.294 e. The fraction of sp³-hybridized carbons (Fsp3) is 0.273. The summed E-state index contributed by atoms with van der Waals surface area (Å²) in [7, 11) is -21.4. The van der Waals surface area contributed by atoms with Gasteiger partial charge in [0.1, 0.15) is 11.2 Å². The topological polar surface area (TPSA) is 236 Å². The lowest BCUT2D eigenvalue weighted by molar-refractivity contribution is -0.165.